The molecule has 1 aliphatic carbocycles. The fourth-order valence-corrected chi connectivity index (χ4v) is 3.62. The van der Waals surface area contributed by atoms with Crippen molar-refractivity contribution in [2.45, 2.75) is 52.7 Å². The monoisotopic (exact) mass is 391 g/mol. The molecule has 1 atom stereocenters. The third-order valence-electron chi connectivity index (χ3n) is 5.75. The Hall–Kier alpha value is -2.82. The van der Waals surface area contributed by atoms with Crippen molar-refractivity contribution in [2.24, 2.45) is 5.92 Å². The minimum absolute atomic E-state index is 0.101. The van der Waals surface area contributed by atoms with E-state index in [-0.39, 0.29) is 5.91 Å². The van der Waals surface area contributed by atoms with Crippen LogP contribution >= 0.6 is 0 Å². The second-order valence-corrected chi connectivity index (χ2v) is 8.07. The van der Waals surface area contributed by atoms with Crippen molar-refractivity contribution in [2.75, 3.05) is 6.54 Å². The number of para-hydroxylation sites is 2. The molecule has 0 radical (unpaired) electrons. The molecule has 0 bridgehead atoms. The van der Waals surface area contributed by atoms with Crippen LogP contribution in [0, 0.1) is 19.8 Å². The highest BCUT2D eigenvalue weighted by atomic mass is 16.5. The molecule has 1 unspecified atom stereocenters. The Balaban J connectivity index is 1.37. The second kappa shape index (κ2) is 8.27. The number of amides is 1. The minimum Gasteiger partial charge on any atom is -0.481 e. The summed E-state index contributed by atoms with van der Waals surface area (Å²) in [5, 5.41) is 3.01. The molecule has 1 amide bonds. The van der Waals surface area contributed by atoms with E-state index in [4.69, 9.17) is 9.72 Å². The highest BCUT2D eigenvalue weighted by Gasteiger charge is 2.24. The lowest BCUT2D eigenvalue weighted by atomic mass is 10.1. The van der Waals surface area contributed by atoms with E-state index < -0.39 is 6.10 Å². The first-order chi connectivity index (χ1) is 14.0. The van der Waals surface area contributed by atoms with Gasteiger partial charge in [0.25, 0.3) is 5.91 Å². The van der Waals surface area contributed by atoms with E-state index in [2.05, 4.69) is 28.1 Å². The van der Waals surface area contributed by atoms with Crippen LogP contribution in [0.4, 0.5) is 0 Å². The number of aryl methyl sites for hydroxylation is 1. The first kappa shape index (κ1) is 19.5. The Kier molecular flexibility index (Phi) is 5.56. The Labute approximate surface area is 172 Å². The van der Waals surface area contributed by atoms with Crippen molar-refractivity contribution in [1.82, 2.24) is 14.9 Å². The molecule has 1 aromatic heterocycles. The summed E-state index contributed by atoms with van der Waals surface area (Å²) in [6, 6.07) is 14.2. The lowest BCUT2D eigenvalue weighted by molar-refractivity contribution is -0.127. The molecule has 29 heavy (non-hydrogen) atoms. The summed E-state index contributed by atoms with van der Waals surface area (Å²) in [5.41, 5.74) is 4.44. The number of benzene rings is 2. The molecule has 0 spiro atoms. The number of nitrogens with one attached hydrogen (secondary N) is 1. The first-order valence-electron chi connectivity index (χ1n) is 10.5. The minimum atomic E-state index is -0.541. The maximum absolute atomic E-state index is 12.5. The van der Waals surface area contributed by atoms with Crippen LogP contribution in [-0.2, 0) is 17.8 Å². The molecule has 5 heteroatoms. The van der Waals surface area contributed by atoms with Gasteiger partial charge in [0.2, 0.25) is 0 Å². The molecule has 152 valence electrons. The molecule has 2 aromatic carbocycles. The van der Waals surface area contributed by atoms with Crippen molar-refractivity contribution in [3.05, 3.63) is 59.4 Å². The van der Waals surface area contributed by atoms with Crippen LogP contribution in [-0.4, -0.2) is 28.1 Å². The average molecular weight is 392 g/mol. The van der Waals surface area contributed by atoms with Crippen molar-refractivity contribution < 1.29 is 9.53 Å². The predicted octanol–water partition coefficient (Wildman–Crippen LogP) is 4.19. The summed E-state index contributed by atoms with van der Waals surface area (Å²) in [6.07, 6.45) is 2.77. The molecule has 1 fully saturated rings. The van der Waals surface area contributed by atoms with Gasteiger partial charge in [-0.3, -0.25) is 4.79 Å². The van der Waals surface area contributed by atoms with Gasteiger partial charge in [-0.1, -0.05) is 24.3 Å². The van der Waals surface area contributed by atoms with Crippen molar-refractivity contribution in [3.63, 3.8) is 0 Å². The van der Waals surface area contributed by atoms with E-state index in [9.17, 15) is 4.79 Å². The maximum Gasteiger partial charge on any atom is 0.260 e. The Bertz CT molecular complexity index is 1020. The molecule has 1 saturated carbocycles. The number of imidazole rings is 1. The van der Waals surface area contributed by atoms with Gasteiger partial charge in [-0.2, -0.15) is 0 Å². The zero-order valence-electron chi connectivity index (χ0n) is 17.4. The topological polar surface area (TPSA) is 56.1 Å². The van der Waals surface area contributed by atoms with Crippen LogP contribution in [0.3, 0.4) is 0 Å². The number of ether oxygens (including phenoxy) is 1. The summed E-state index contributed by atoms with van der Waals surface area (Å²) in [4.78, 5) is 17.3. The summed E-state index contributed by atoms with van der Waals surface area (Å²) in [7, 11) is 0. The van der Waals surface area contributed by atoms with Crippen LogP contribution in [0.15, 0.2) is 42.5 Å². The van der Waals surface area contributed by atoms with Crippen LogP contribution in [0.1, 0.15) is 36.7 Å². The van der Waals surface area contributed by atoms with Gasteiger partial charge >= 0.3 is 0 Å². The van der Waals surface area contributed by atoms with E-state index in [1.807, 2.05) is 38.1 Å². The van der Waals surface area contributed by atoms with Gasteiger partial charge in [0.05, 0.1) is 11.0 Å². The third kappa shape index (κ3) is 4.44. The summed E-state index contributed by atoms with van der Waals surface area (Å²) < 4.78 is 8.22. The molecule has 5 nitrogen and oxygen atoms in total. The van der Waals surface area contributed by atoms with Gasteiger partial charge in [-0.05, 0) is 68.9 Å². The van der Waals surface area contributed by atoms with Gasteiger partial charge < -0.3 is 14.6 Å². The molecular formula is C24H29N3O2. The largest absolute Gasteiger partial charge is 0.481 e. The summed E-state index contributed by atoms with van der Waals surface area (Å²) >= 11 is 0. The second-order valence-electron chi connectivity index (χ2n) is 8.07. The van der Waals surface area contributed by atoms with Crippen molar-refractivity contribution >= 4 is 16.9 Å². The molecular weight excluding hydrogens is 362 g/mol. The summed E-state index contributed by atoms with van der Waals surface area (Å²) in [5.74, 6) is 2.48. The fourth-order valence-electron chi connectivity index (χ4n) is 3.62. The van der Waals surface area contributed by atoms with Crippen LogP contribution < -0.4 is 10.1 Å². The average Bonchev–Trinajstić information content (AvgIpc) is 3.47. The molecule has 3 aromatic rings. The smallest absolute Gasteiger partial charge is 0.260 e. The number of aromatic nitrogens is 2. The molecule has 0 aliphatic heterocycles. The third-order valence-corrected chi connectivity index (χ3v) is 5.75. The number of fused-ring (bicyclic) bond motifs is 1. The predicted molar refractivity (Wildman–Crippen MR) is 115 cm³/mol. The first-order valence-corrected chi connectivity index (χ1v) is 10.5. The normalized spacial score (nSPS) is 14.7. The molecule has 1 aliphatic rings. The number of carbonyl (C=O) groups excluding carboxylic acids is 1. The molecule has 0 saturated heterocycles. The van der Waals surface area contributed by atoms with Crippen LogP contribution in [0.5, 0.6) is 5.75 Å². The van der Waals surface area contributed by atoms with Gasteiger partial charge in [-0.25, -0.2) is 4.98 Å². The standard InChI is InChI=1S/C24H29N3O2/c1-16-7-6-10-22(17(16)2)29-18(3)24(28)25-14-13-23-26-20-8-4-5-9-21(20)27(23)15-19-11-12-19/h4-10,18-19H,11-15H2,1-3H3,(H,25,28). The van der Waals surface area contributed by atoms with E-state index in [0.717, 1.165) is 40.7 Å². The molecule has 4 rings (SSSR count). The van der Waals surface area contributed by atoms with Crippen molar-refractivity contribution in [3.8, 4) is 5.75 Å². The van der Waals surface area contributed by atoms with Gasteiger partial charge in [0.15, 0.2) is 6.10 Å². The van der Waals surface area contributed by atoms with E-state index in [1.165, 1.54) is 18.4 Å². The molecule has 1 N–H and O–H groups in total. The quantitative estimate of drug-likeness (QED) is 0.626. The Morgan fingerprint density at radius 1 is 1.21 bits per heavy atom. The number of carbonyl (C=O) groups is 1. The Morgan fingerprint density at radius 3 is 2.79 bits per heavy atom. The van der Waals surface area contributed by atoms with E-state index in [0.29, 0.717) is 13.0 Å². The lowest BCUT2D eigenvalue weighted by Crippen LogP contribution is -2.37. The Morgan fingerprint density at radius 2 is 2.00 bits per heavy atom. The van der Waals surface area contributed by atoms with Crippen molar-refractivity contribution in [1.29, 1.82) is 0 Å². The summed E-state index contributed by atoms with van der Waals surface area (Å²) in [6.45, 7) is 7.42. The zero-order chi connectivity index (χ0) is 20.4. The fraction of sp³-hybridized carbons (Fsp3) is 0.417. The lowest BCUT2D eigenvalue weighted by Gasteiger charge is -2.17. The number of nitrogens with zero attached hydrogens (tertiary/aromatic N) is 2. The number of hydrogen-bond donors (Lipinski definition) is 1. The van der Waals surface area contributed by atoms with Crippen LogP contribution in [0.25, 0.3) is 11.0 Å². The highest BCUT2D eigenvalue weighted by Crippen LogP contribution is 2.32. The van der Waals surface area contributed by atoms with Gasteiger partial charge in [0.1, 0.15) is 11.6 Å². The SMILES string of the molecule is Cc1cccc(OC(C)C(=O)NCCc2nc3ccccc3n2CC2CC2)c1C. The zero-order valence-corrected chi connectivity index (χ0v) is 17.4. The van der Waals surface area contributed by atoms with Gasteiger partial charge in [-0.15, -0.1) is 0 Å². The number of rotatable bonds is 8. The van der Waals surface area contributed by atoms with E-state index >= 15 is 0 Å². The molecule has 1 heterocycles. The maximum atomic E-state index is 12.5. The van der Waals surface area contributed by atoms with Gasteiger partial charge in [0, 0.05) is 19.5 Å². The highest BCUT2D eigenvalue weighted by molar-refractivity contribution is 5.80. The van der Waals surface area contributed by atoms with E-state index in [1.54, 1.807) is 6.92 Å². The number of hydrogen-bond acceptors (Lipinski definition) is 3. The van der Waals surface area contributed by atoms with Crippen LogP contribution in [0.2, 0.25) is 0 Å².